The normalized spacial score (nSPS) is 11.4. The second kappa shape index (κ2) is 7.29. The molecule has 1 aromatic heterocycles. The fourth-order valence-corrected chi connectivity index (χ4v) is 3.55. The van der Waals surface area contributed by atoms with Crippen LogP contribution in [0.2, 0.25) is 0 Å². The van der Waals surface area contributed by atoms with E-state index in [0.29, 0.717) is 5.56 Å². The van der Waals surface area contributed by atoms with Gasteiger partial charge in [0.1, 0.15) is 9.88 Å². The number of thiazole rings is 1. The molecule has 3 nitrogen and oxygen atoms in total. The van der Waals surface area contributed by atoms with Crippen LogP contribution in [0, 0.1) is 0 Å². The maximum Gasteiger partial charge on any atom is 0.435 e. The summed E-state index contributed by atoms with van der Waals surface area (Å²) in [5, 5.41) is 0.175. The molecule has 0 aliphatic heterocycles. The highest BCUT2D eigenvalue weighted by atomic mass is 32.1. The molecule has 134 valence electrons. The van der Waals surface area contributed by atoms with Crippen molar-refractivity contribution in [1.82, 2.24) is 9.88 Å². The maximum absolute atomic E-state index is 13.4. The quantitative estimate of drug-likeness (QED) is 0.635. The minimum atomic E-state index is -4.69. The van der Waals surface area contributed by atoms with Crippen LogP contribution in [-0.4, -0.2) is 22.8 Å². The molecule has 0 aliphatic rings. The van der Waals surface area contributed by atoms with Gasteiger partial charge < -0.3 is 4.90 Å². The number of carbonyl (C=O) groups excluding carboxylic acids is 1. The summed E-state index contributed by atoms with van der Waals surface area (Å²) in [6, 6.07) is 17.6. The Morgan fingerprint density at radius 2 is 1.62 bits per heavy atom. The van der Waals surface area contributed by atoms with Crippen molar-refractivity contribution in [2.45, 2.75) is 12.7 Å². The Morgan fingerprint density at radius 1 is 1.04 bits per heavy atom. The van der Waals surface area contributed by atoms with Crippen molar-refractivity contribution >= 4 is 17.2 Å². The third-order valence-electron chi connectivity index (χ3n) is 3.72. The van der Waals surface area contributed by atoms with E-state index in [1.165, 1.54) is 11.9 Å². The third kappa shape index (κ3) is 3.94. The molecule has 0 saturated heterocycles. The van der Waals surface area contributed by atoms with Gasteiger partial charge in [-0.3, -0.25) is 4.79 Å². The average Bonchev–Trinajstić information content (AvgIpc) is 3.08. The van der Waals surface area contributed by atoms with Gasteiger partial charge in [0.15, 0.2) is 5.69 Å². The Balaban J connectivity index is 1.95. The topological polar surface area (TPSA) is 33.2 Å². The molecule has 2 aromatic carbocycles. The molecule has 3 rings (SSSR count). The molecule has 0 unspecified atom stereocenters. The molecule has 0 N–H and O–H groups in total. The smallest absolute Gasteiger partial charge is 0.337 e. The largest absolute Gasteiger partial charge is 0.435 e. The summed E-state index contributed by atoms with van der Waals surface area (Å²) < 4.78 is 40.2. The lowest BCUT2D eigenvalue weighted by atomic mass is 10.2. The number of carbonyl (C=O) groups is 1. The number of hydrogen-bond donors (Lipinski definition) is 0. The summed E-state index contributed by atoms with van der Waals surface area (Å²) in [6.45, 7) is 0.218. The standard InChI is InChI=1S/C19H15F3N2OS/c1-24(12-13-8-4-2-5-9-13)18(25)15-16(19(20,21)22)23-17(26-15)14-10-6-3-7-11-14/h2-11H,12H2,1H3. The molecule has 1 heterocycles. The summed E-state index contributed by atoms with van der Waals surface area (Å²) in [4.78, 5) is 17.2. The first-order valence-electron chi connectivity index (χ1n) is 7.79. The van der Waals surface area contributed by atoms with Crippen molar-refractivity contribution in [3.8, 4) is 10.6 Å². The highest BCUT2D eigenvalue weighted by Gasteiger charge is 2.40. The number of rotatable bonds is 4. The fourth-order valence-electron chi connectivity index (χ4n) is 2.46. The molecular formula is C19H15F3N2OS. The Labute approximate surface area is 152 Å². The summed E-state index contributed by atoms with van der Waals surface area (Å²) in [5.74, 6) is -0.694. The van der Waals surface area contributed by atoms with E-state index >= 15 is 0 Å². The van der Waals surface area contributed by atoms with E-state index in [-0.39, 0.29) is 11.6 Å². The van der Waals surface area contributed by atoms with Crippen LogP contribution >= 0.6 is 11.3 Å². The van der Waals surface area contributed by atoms with Crippen LogP contribution in [0.4, 0.5) is 13.2 Å². The molecule has 0 fully saturated rings. The van der Waals surface area contributed by atoms with Crippen LogP contribution in [0.25, 0.3) is 10.6 Å². The predicted octanol–water partition coefficient (Wildman–Crippen LogP) is 5.10. The number of halogens is 3. The Morgan fingerprint density at radius 3 is 2.19 bits per heavy atom. The van der Waals surface area contributed by atoms with Gasteiger partial charge in [-0.15, -0.1) is 11.3 Å². The number of aromatic nitrogens is 1. The Kier molecular flexibility index (Phi) is 5.08. The molecule has 0 bridgehead atoms. The summed E-state index contributed by atoms with van der Waals surface area (Å²) in [7, 11) is 1.48. The van der Waals surface area contributed by atoms with Gasteiger partial charge in [0, 0.05) is 19.2 Å². The van der Waals surface area contributed by atoms with E-state index in [4.69, 9.17) is 0 Å². The second-order valence-electron chi connectivity index (χ2n) is 5.71. The number of hydrogen-bond acceptors (Lipinski definition) is 3. The zero-order valence-electron chi connectivity index (χ0n) is 13.8. The zero-order chi connectivity index (χ0) is 18.7. The number of benzene rings is 2. The molecule has 0 aliphatic carbocycles. The van der Waals surface area contributed by atoms with Crippen LogP contribution in [0.5, 0.6) is 0 Å². The fraction of sp³-hybridized carbons (Fsp3) is 0.158. The molecular weight excluding hydrogens is 361 g/mol. The van der Waals surface area contributed by atoms with Gasteiger partial charge in [0.2, 0.25) is 0 Å². The lowest BCUT2D eigenvalue weighted by Gasteiger charge is -2.17. The minimum absolute atomic E-state index is 0.175. The Hall–Kier alpha value is -2.67. The van der Waals surface area contributed by atoms with Gasteiger partial charge in [0.25, 0.3) is 5.91 Å². The van der Waals surface area contributed by atoms with E-state index in [0.717, 1.165) is 16.9 Å². The first-order chi connectivity index (χ1) is 12.4. The molecule has 1 amide bonds. The monoisotopic (exact) mass is 376 g/mol. The van der Waals surface area contributed by atoms with Crippen molar-refractivity contribution < 1.29 is 18.0 Å². The van der Waals surface area contributed by atoms with E-state index in [1.807, 2.05) is 30.3 Å². The molecule has 0 spiro atoms. The molecule has 0 radical (unpaired) electrons. The predicted molar refractivity (Wildman–Crippen MR) is 94.8 cm³/mol. The van der Waals surface area contributed by atoms with Crippen molar-refractivity contribution in [1.29, 1.82) is 0 Å². The average molecular weight is 376 g/mol. The number of amides is 1. The molecule has 26 heavy (non-hydrogen) atoms. The van der Waals surface area contributed by atoms with E-state index in [1.54, 1.807) is 30.3 Å². The second-order valence-corrected chi connectivity index (χ2v) is 6.71. The van der Waals surface area contributed by atoms with Crippen molar-refractivity contribution in [2.75, 3.05) is 7.05 Å². The van der Waals surface area contributed by atoms with Gasteiger partial charge in [0.05, 0.1) is 0 Å². The van der Waals surface area contributed by atoms with E-state index in [9.17, 15) is 18.0 Å². The van der Waals surface area contributed by atoms with Gasteiger partial charge in [-0.05, 0) is 5.56 Å². The minimum Gasteiger partial charge on any atom is -0.337 e. The Bertz CT molecular complexity index is 892. The summed E-state index contributed by atoms with van der Waals surface area (Å²) in [5.41, 5.74) is 0.253. The van der Waals surface area contributed by atoms with Crippen LogP contribution in [0.1, 0.15) is 20.9 Å². The molecule has 0 saturated carbocycles. The number of alkyl halides is 3. The maximum atomic E-state index is 13.4. The third-order valence-corrected chi connectivity index (χ3v) is 4.81. The molecule has 0 atom stereocenters. The van der Waals surface area contributed by atoms with Crippen LogP contribution in [0.15, 0.2) is 60.7 Å². The highest BCUT2D eigenvalue weighted by Crippen LogP contribution is 2.38. The van der Waals surface area contributed by atoms with E-state index in [2.05, 4.69) is 4.98 Å². The van der Waals surface area contributed by atoms with Crippen LogP contribution < -0.4 is 0 Å². The van der Waals surface area contributed by atoms with Crippen molar-refractivity contribution in [2.24, 2.45) is 0 Å². The summed E-state index contributed by atoms with van der Waals surface area (Å²) >= 11 is 0.764. The number of nitrogens with zero attached hydrogens (tertiary/aromatic N) is 2. The summed E-state index contributed by atoms with van der Waals surface area (Å²) in [6.07, 6.45) is -4.69. The van der Waals surface area contributed by atoms with E-state index < -0.39 is 22.7 Å². The van der Waals surface area contributed by atoms with Crippen molar-refractivity contribution in [3.63, 3.8) is 0 Å². The molecule has 3 aromatic rings. The van der Waals surface area contributed by atoms with Gasteiger partial charge in [-0.2, -0.15) is 13.2 Å². The lowest BCUT2D eigenvalue weighted by molar-refractivity contribution is -0.141. The van der Waals surface area contributed by atoms with Gasteiger partial charge in [-0.1, -0.05) is 60.7 Å². The highest BCUT2D eigenvalue weighted by molar-refractivity contribution is 7.17. The first-order valence-corrected chi connectivity index (χ1v) is 8.60. The SMILES string of the molecule is CN(Cc1ccccc1)C(=O)c1sc(-c2ccccc2)nc1C(F)(F)F. The van der Waals surface area contributed by atoms with Crippen LogP contribution in [0.3, 0.4) is 0 Å². The first kappa shape index (κ1) is 18.1. The zero-order valence-corrected chi connectivity index (χ0v) is 14.6. The van der Waals surface area contributed by atoms with Crippen molar-refractivity contribution in [3.05, 3.63) is 76.8 Å². The van der Waals surface area contributed by atoms with Crippen LogP contribution in [-0.2, 0) is 12.7 Å². The van der Waals surface area contributed by atoms with Gasteiger partial charge >= 0.3 is 6.18 Å². The molecule has 7 heteroatoms. The van der Waals surface area contributed by atoms with Gasteiger partial charge in [-0.25, -0.2) is 4.98 Å². The lowest BCUT2D eigenvalue weighted by Crippen LogP contribution is -2.27.